The summed E-state index contributed by atoms with van der Waals surface area (Å²) in [5.74, 6) is -0.986. The van der Waals surface area contributed by atoms with Gasteiger partial charge in [-0.15, -0.1) is 0 Å². The van der Waals surface area contributed by atoms with E-state index in [4.69, 9.17) is 18.9 Å². The second-order valence-corrected chi connectivity index (χ2v) is 16.0. The fraction of sp³-hybridized carbons (Fsp3) is 0.944. The first-order valence-electron chi connectivity index (χ1n) is 17.6. The van der Waals surface area contributed by atoms with Crippen molar-refractivity contribution in [1.82, 2.24) is 14.7 Å². The van der Waals surface area contributed by atoms with Gasteiger partial charge in [0.25, 0.3) is 0 Å². The maximum Gasteiger partial charge on any atom is 0.319 e. The summed E-state index contributed by atoms with van der Waals surface area (Å²) in [6, 6.07) is 0.308. The fourth-order valence-corrected chi connectivity index (χ4v) is 7.27. The summed E-state index contributed by atoms with van der Waals surface area (Å²) in [7, 11) is 7.66. The number of esters is 1. The third-order valence-corrected chi connectivity index (χ3v) is 10.4. The second-order valence-electron chi connectivity index (χ2n) is 16.0. The first-order chi connectivity index (χ1) is 21.2. The number of ether oxygens (including phenoxy) is 4. The smallest absolute Gasteiger partial charge is 0.319 e. The van der Waals surface area contributed by atoms with Crippen molar-refractivity contribution in [2.24, 2.45) is 23.2 Å². The van der Waals surface area contributed by atoms with Crippen molar-refractivity contribution in [3.8, 4) is 0 Å². The van der Waals surface area contributed by atoms with Crippen molar-refractivity contribution in [2.45, 2.75) is 143 Å². The highest BCUT2D eigenvalue weighted by Gasteiger charge is 2.51. The van der Waals surface area contributed by atoms with E-state index >= 15 is 0 Å². The van der Waals surface area contributed by atoms with E-state index in [2.05, 4.69) is 51.5 Å². The predicted octanol–water partition coefficient (Wildman–Crippen LogP) is 4.46. The average molecular weight is 656 g/mol. The van der Waals surface area contributed by atoms with Gasteiger partial charge >= 0.3 is 5.97 Å². The highest BCUT2D eigenvalue weighted by atomic mass is 16.7. The number of hydrogen-bond donors (Lipinski definition) is 1. The number of carbonyl (C=O) groups excluding carboxylic acids is 2. The van der Waals surface area contributed by atoms with Gasteiger partial charge in [-0.25, -0.2) is 0 Å². The number of rotatable bonds is 11. The Morgan fingerprint density at radius 3 is 2.24 bits per heavy atom. The van der Waals surface area contributed by atoms with Crippen LogP contribution in [0.3, 0.4) is 0 Å². The summed E-state index contributed by atoms with van der Waals surface area (Å²) in [6.07, 6.45) is 0.283. The zero-order valence-electron chi connectivity index (χ0n) is 31.7. The van der Waals surface area contributed by atoms with Crippen molar-refractivity contribution in [1.29, 1.82) is 0 Å². The quantitative estimate of drug-likeness (QED) is 0.254. The topological polar surface area (TPSA) is 101 Å². The number of nitrogens with zero attached hydrogens (tertiary/aromatic N) is 3. The molecule has 0 aromatic heterocycles. The molecule has 1 N–H and O–H groups in total. The van der Waals surface area contributed by atoms with Gasteiger partial charge in [-0.2, -0.15) is 0 Å². The number of methoxy groups -OCH3 is 1. The summed E-state index contributed by atoms with van der Waals surface area (Å²) < 4.78 is 25.2. The Morgan fingerprint density at radius 1 is 1.07 bits per heavy atom. The van der Waals surface area contributed by atoms with Gasteiger partial charge in [0.1, 0.15) is 18.1 Å². The van der Waals surface area contributed by atoms with Crippen LogP contribution in [0.4, 0.5) is 0 Å². The maximum atomic E-state index is 14.3. The summed E-state index contributed by atoms with van der Waals surface area (Å²) >= 11 is 0. The van der Waals surface area contributed by atoms with Gasteiger partial charge in [-0.05, 0) is 107 Å². The fourth-order valence-electron chi connectivity index (χ4n) is 7.27. The largest absolute Gasteiger partial charge is 0.463 e. The Morgan fingerprint density at radius 2 is 1.70 bits per heavy atom. The van der Waals surface area contributed by atoms with E-state index in [1.165, 1.54) is 0 Å². The SMILES string of the molecule is CO[C@]1(C)C[C@@H](C)CN(CC(C)C)[C@@H](CCCN(C)C(C)C)COC(=O)C(C)(C)C(=O)[C@H](C)[C@H]1O[C@@H]1O[C@H](C)C[C@H](N(C)C)[C@H]1O. The Kier molecular flexibility index (Phi) is 15.6. The van der Waals surface area contributed by atoms with Gasteiger partial charge < -0.3 is 33.9 Å². The molecule has 2 aliphatic heterocycles. The van der Waals surface area contributed by atoms with Crippen LogP contribution in [0, 0.1) is 23.2 Å². The number of aliphatic hydroxyl groups is 1. The van der Waals surface area contributed by atoms with Crippen LogP contribution in [0.2, 0.25) is 0 Å². The molecule has 9 atom stereocenters. The van der Waals surface area contributed by atoms with Crippen LogP contribution in [0.1, 0.15) is 94.9 Å². The maximum absolute atomic E-state index is 14.3. The Hall–Kier alpha value is -1.14. The van der Waals surface area contributed by atoms with Crippen molar-refractivity contribution in [2.75, 3.05) is 54.5 Å². The van der Waals surface area contributed by atoms with Crippen molar-refractivity contribution >= 4 is 11.8 Å². The minimum atomic E-state index is -1.41. The number of likely N-dealkylation sites (N-methyl/N-ethyl adjacent to an activating group) is 1. The molecule has 0 spiro atoms. The first kappa shape index (κ1) is 41.0. The molecule has 0 amide bonds. The number of hydrogen-bond acceptors (Lipinski definition) is 10. The highest BCUT2D eigenvalue weighted by Crippen LogP contribution is 2.38. The highest BCUT2D eigenvalue weighted by molar-refractivity contribution is 6.04. The van der Waals surface area contributed by atoms with E-state index in [0.29, 0.717) is 24.8 Å². The van der Waals surface area contributed by atoms with Crippen LogP contribution in [-0.4, -0.2) is 134 Å². The molecule has 2 fully saturated rings. The number of cyclic esters (lactones) is 1. The molecule has 0 aromatic rings. The van der Waals surface area contributed by atoms with Gasteiger partial charge in [-0.1, -0.05) is 27.7 Å². The van der Waals surface area contributed by atoms with Crippen LogP contribution in [-0.2, 0) is 28.5 Å². The van der Waals surface area contributed by atoms with Gasteiger partial charge in [0.05, 0.1) is 17.8 Å². The van der Waals surface area contributed by atoms with E-state index in [1.54, 1.807) is 27.9 Å². The molecular weight excluding hydrogens is 586 g/mol. The van der Waals surface area contributed by atoms with Gasteiger partial charge in [0, 0.05) is 44.2 Å². The third-order valence-electron chi connectivity index (χ3n) is 10.4. The predicted molar refractivity (Wildman–Crippen MR) is 183 cm³/mol. The minimum Gasteiger partial charge on any atom is -0.463 e. The lowest BCUT2D eigenvalue weighted by Gasteiger charge is -2.47. The molecule has 10 heteroatoms. The summed E-state index contributed by atoms with van der Waals surface area (Å²) in [5.41, 5.74) is -2.33. The molecule has 0 unspecified atom stereocenters. The summed E-state index contributed by atoms with van der Waals surface area (Å²) in [4.78, 5) is 34.8. The second kappa shape index (κ2) is 17.5. The molecule has 10 nitrogen and oxygen atoms in total. The molecular formula is C36H69N3O7. The molecule has 0 bridgehead atoms. The van der Waals surface area contributed by atoms with Gasteiger partial charge in [-0.3, -0.25) is 14.5 Å². The van der Waals surface area contributed by atoms with Crippen LogP contribution >= 0.6 is 0 Å². The van der Waals surface area contributed by atoms with Gasteiger partial charge in [0.15, 0.2) is 12.1 Å². The normalized spacial score (nSPS) is 35.7. The van der Waals surface area contributed by atoms with E-state index in [0.717, 1.165) is 32.5 Å². The van der Waals surface area contributed by atoms with Crippen LogP contribution in [0.5, 0.6) is 0 Å². The van der Waals surface area contributed by atoms with Crippen molar-refractivity contribution < 1.29 is 33.6 Å². The molecule has 2 aliphatic rings. The number of carbonyl (C=O) groups is 2. The molecule has 270 valence electrons. The molecule has 2 rings (SSSR count). The molecule has 2 saturated heterocycles. The van der Waals surface area contributed by atoms with E-state index in [-0.39, 0.29) is 36.5 Å². The molecule has 46 heavy (non-hydrogen) atoms. The lowest BCUT2D eigenvalue weighted by Crippen LogP contribution is -2.59. The monoisotopic (exact) mass is 656 g/mol. The third kappa shape index (κ3) is 10.7. The zero-order valence-corrected chi connectivity index (χ0v) is 31.7. The van der Waals surface area contributed by atoms with Crippen molar-refractivity contribution in [3.05, 3.63) is 0 Å². The van der Waals surface area contributed by atoms with Crippen LogP contribution in [0.15, 0.2) is 0 Å². The minimum absolute atomic E-state index is 0.0227. The summed E-state index contributed by atoms with van der Waals surface area (Å²) in [5, 5.41) is 11.4. The van der Waals surface area contributed by atoms with Crippen LogP contribution < -0.4 is 0 Å². The Balaban J connectivity index is 2.54. The standard InChI is InChI=1S/C36H69N3O7/c1-23(2)20-39-21-25(5)19-36(10,43-14)32(46-33-30(40)29(37(11)12)18-26(6)45-33)27(7)31(41)35(8,9)34(42)44-22-28(39)16-15-17-38(13)24(3)4/h23-30,32-33,40H,15-22H2,1-14H3/t25-,26-,27+,28+,29+,30-,32-,33+,36-/m1/s1. The van der Waals surface area contributed by atoms with E-state index < -0.39 is 41.4 Å². The van der Waals surface area contributed by atoms with Gasteiger partial charge in [0.2, 0.25) is 0 Å². The molecule has 0 aliphatic carbocycles. The number of Topliss-reactive ketones (excluding diaryl/α,β-unsaturated/α-hetero) is 1. The van der Waals surface area contributed by atoms with Crippen LogP contribution in [0.25, 0.3) is 0 Å². The Labute approximate surface area is 280 Å². The summed E-state index contributed by atoms with van der Waals surface area (Å²) in [6.45, 7) is 22.9. The lowest BCUT2D eigenvalue weighted by molar-refractivity contribution is -0.295. The first-order valence-corrected chi connectivity index (χ1v) is 17.6. The average Bonchev–Trinajstić information content (AvgIpc) is 2.96. The Bertz CT molecular complexity index is 960. The molecule has 0 radical (unpaired) electrons. The van der Waals surface area contributed by atoms with E-state index in [9.17, 15) is 14.7 Å². The number of aliphatic hydroxyl groups excluding tert-OH is 1. The van der Waals surface area contributed by atoms with E-state index in [1.807, 2.05) is 32.8 Å². The lowest BCUT2D eigenvalue weighted by atomic mass is 9.74. The van der Waals surface area contributed by atoms with Crippen molar-refractivity contribution in [3.63, 3.8) is 0 Å². The molecule has 0 aromatic carbocycles. The number of ketones is 1. The molecule has 2 heterocycles. The molecule has 0 saturated carbocycles. The zero-order chi connectivity index (χ0) is 35.1.